The van der Waals surface area contributed by atoms with E-state index in [9.17, 15) is 8.42 Å². The van der Waals surface area contributed by atoms with Crippen LogP contribution >= 0.6 is 0 Å². The van der Waals surface area contributed by atoms with Crippen molar-refractivity contribution >= 4 is 16.0 Å². The normalized spacial score (nSPS) is 20.2. The van der Waals surface area contributed by atoms with E-state index in [-0.39, 0.29) is 28.4 Å². The monoisotopic (exact) mass is 610 g/mol. The summed E-state index contributed by atoms with van der Waals surface area (Å²) in [5, 5.41) is 3.78. The molecular weight excluding hydrogens is 568 g/mol. The molecule has 0 radical (unpaired) electrons. The highest BCUT2D eigenvalue weighted by atomic mass is 32.2. The number of ether oxygens (including phenoxy) is 1. The highest BCUT2D eigenvalue weighted by Gasteiger charge is 2.32. The highest BCUT2D eigenvalue weighted by Crippen LogP contribution is 2.37. The maximum Gasteiger partial charge on any atom is 0.264 e. The second-order valence-corrected chi connectivity index (χ2v) is 15.0. The number of benzene rings is 3. The molecule has 4 bridgehead atoms. The van der Waals surface area contributed by atoms with E-state index in [4.69, 9.17) is 9.72 Å². The molecule has 1 aromatic heterocycles. The van der Waals surface area contributed by atoms with E-state index in [2.05, 4.69) is 60.1 Å². The Kier molecular flexibility index (Phi) is 8.24. The summed E-state index contributed by atoms with van der Waals surface area (Å²) in [7, 11) is -3.95. The molecule has 4 aromatic rings. The molecule has 1 aliphatic carbocycles. The van der Waals surface area contributed by atoms with E-state index >= 15 is 0 Å². The van der Waals surface area contributed by atoms with Crippen LogP contribution < -0.4 is 14.8 Å². The third-order valence-corrected chi connectivity index (χ3v) is 10.3. The van der Waals surface area contributed by atoms with Crippen molar-refractivity contribution < 1.29 is 13.2 Å². The van der Waals surface area contributed by atoms with Gasteiger partial charge in [0, 0.05) is 24.2 Å². The molecule has 8 heteroatoms. The van der Waals surface area contributed by atoms with Gasteiger partial charge in [0.2, 0.25) is 11.8 Å². The van der Waals surface area contributed by atoms with Crippen molar-refractivity contribution in [1.29, 1.82) is 0 Å². The Morgan fingerprint density at radius 3 is 2.27 bits per heavy atom. The fourth-order valence-corrected chi connectivity index (χ4v) is 7.23. The lowest BCUT2D eigenvalue weighted by atomic mass is 9.79. The predicted molar refractivity (Wildman–Crippen MR) is 175 cm³/mol. The zero-order valence-corrected chi connectivity index (χ0v) is 27.0. The van der Waals surface area contributed by atoms with Crippen molar-refractivity contribution in [3.8, 4) is 17.1 Å². The van der Waals surface area contributed by atoms with Crippen LogP contribution in [0.1, 0.15) is 80.4 Å². The van der Waals surface area contributed by atoms with Crippen molar-refractivity contribution in [1.82, 2.24) is 15.3 Å². The van der Waals surface area contributed by atoms with E-state index in [1.54, 1.807) is 18.2 Å². The SMILES string of the molecule is Cc1cccc(C)c1-c1cc2nc(n1)NS(=O)(=O)c1cccc(c1)CN[C@@H](CC1CCC1)[C@@H](c1ccc(C(C)(C)C)cc1)O2. The summed E-state index contributed by atoms with van der Waals surface area (Å²) in [6.07, 6.45) is 4.26. The van der Waals surface area contributed by atoms with Crippen LogP contribution in [0.3, 0.4) is 0 Å². The van der Waals surface area contributed by atoms with Gasteiger partial charge in [-0.15, -0.1) is 0 Å². The molecule has 0 saturated heterocycles. The minimum absolute atomic E-state index is 0.0184. The first kappa shape index (κ1) is 30.3. The number of sulfonamides is 1. The van der Waals surface area contributed by atoms with Gasteiger partial charge < -0.3 is 10.1 Å². The van der Waals surface area contributed by atoms with Gasteiger partial charge in [-0.3, -0.25) is 0 Å². The molecule has 0 unspecified atom stereocenters. The molecule has 3 aromatic carbocycles. The van der Waals surface area contributed by atoms with Crippen molar-refractivity contribution in [2.45, 2.75) is 89.3 Å². The van der Waals surface area contributed by atoms with Crippen LogP contribution in [0, 0.1) is 19.8 Å². The maximum atomic E-state index is 13.6. The molecule has 2 heterocycles. The van der Waals surface area contributed by atoms with Crippen molar-refractivity contribution in [2.24, 2.45) is 5.92 Å². The summed E-state index contributed by atoms with van der Waals surface area (Å²) in [5.41, 5.74) is 6.82. The Morgan fingerprint density at radius 2 is 1.61 bits per heavy atom. The van der Waals surface area contributed by atoms with Gasteiger partial charge >= 0.3 is 0 Å². The molecule has 2 aliphatic rings. The Balaban J connectivity index is 1.52. The van der Waals surface area contributed by atoms with Crippen LogP contribution in [0.4, 0.5) is 5.95 Å². The van der Waals surface area contributed by atoms with Crippen molar-refractivity contribution in [3.05, 3.63) is 101 Å². The van der Waals surface area contributed by atoms with Gasteiger partial charge in [-0.1, -0.05) is 94.6 Å². The molecule has 230 valence electrons. The molecule has 44 heavy (non-hydrogen) atoms. The van der Waals surface area contributed by atoms with Crippen LogP contribution in [0.15, 0.2) is 77.7 Å². The van der Waals surface area contributed by atoms with Crippen LogP contribution in [-0.4, -0.2) is 24.4 Å². The maximum absolute atomic E-state index is 13.6. The lowest BCUT2D eigenvalue weighted by Gasteiger charge is -2.35. The van der Waals surface area contributed by atoms with Gasteiger partial charge in [-0.2, -0.15) is 4.98 Å². The van der Waals surface area contributed by atoms with Crippen LogP contribution in [-0.2, 0) is 22.0 Å². The molecule has 1 fully saturated rings. The summed E-state index contributed by atoms with van der Waals surface area (Å²) in [6, 6.07) is 23.6. The average molecular weight is 611 g/mol. The number of aryl methyl sites for hydroxylation is 2. The Bertz CT molecular complexity index is 1740. The van der Waals surface area contributed by atoms with Crippen molar-refractivity contribution in [2.75, 3.05) is 4.72 Å². The summed E-state index contributed by atoms with van der Waals surface area (Å²) in [6.45, 7) is 11.2. The fraction of sp³-hybridized carbons (Fsp3) is 0.389. The minimum Gasteiger partial charge on any atom is -0.468 e. The molecule has 1 saturated carbocycles. The lowest BCUT2D eigenvalue weighted by molar-refractivity contribution is 0.118. The highest BCUT2D eigenvalue weighted by molar-refractivity contribution is 7.92. The van der Waals surface area contributed by atoms with Gasteiger partial charge in [0.25, 0.3) is 10.0 Å². The summed E-state index contributed by atoms with van der Waals surface area (Å²) in [5.74, 6) is 0.921. The summed E-state index contributed by atoms with van der Waals surface area (Å²) in [4.78, 5) is 9.53. The minimum atomic E-state index is -3.95. The van der Waals surface area contributed by atoms with Crippen molar-refractivity contribution in [3.63, 3.8) is 0 Å². The number of fused-ring (bicyclic) bond motifs is 4. The first-order valence-corrected chi connectivity index (χ1v) is 17.0. The number of anilines is 1. The molecule has 2 N–H and O–H groups in total. The number of aromatic nitrogens is 2. The van der Waals surface area contributed by atoms with E-state index in [1.165, 1.54) is 24.8 Å². The molecule has 2 atom stereocenters. The van der Waals surface area contributed by atoms with Gasteiger partial charge in [-0.05, 0) is 71.6 Å². The zero-order valence-electron chi connectivity index (χ0n) is 26.2. The smallest absolute Gasteiger partial charge is 0.264 e. The fourth-order valence-electron chi connectivity index (χ4n) is 6.22. The molecule has 0 amide bonds. The number of nitrogens with zero attached hydrogens (tertiary/aromatic N) is 2. The number of hydrogen-bond donors (Lipinski definition) is 2. The zero-order chi connectivity index (χ0) is 31.1. The molecule has 0 spiro atoms. The largest absolute Gasteiger partial charge is 0.468 e. The van der Waals surface area contributed by atoms with Crippen LogP contribution in [0.2, 0.25) is 0 Å². The van der Waals surface area contributed by atoms with E-state index in [0.29, 0.717) is 24.0 Å². The first-order chi connectivity index (χ1) is 21.0. The number of nitrogens with one attached hydrogen (secondary N) is 2. The lowest BCUT2D eigenvalue weighted by Crippen LogP contribution is -2.40. The molecule has 7 nitrogen and oxygen atoms in total. The number of rotatable bonds is 4. The second kappa shape index (κ2) is 12.0. The Labute approximate surface area is 261 Å². The van der Waals surface area contributed by atoms with Gasteiger partial charge in [0.05, 0.1) is 10.6 Å². The van der Waals surface area contributed by atoms with E-state index in [0.717, 1.165) is 34.2 Å². The predicted octanol–water partition coefficient (Wildman–Crippen LogP) is 7.64. The molecular formula is C36H42N4O3S. The van der Waals surface area contributed by atoms with Gasteiger partial charge in [0.15, 0.2) is 0 Å². The van der Waals surface area contributed by atoms with Gasteiger partial charge in [-0.25, -0.2) is 18.1 Å². The summed E-state index contributed by atoms with van der Waals surface area (Å²) < 4.78 is 36.6. The van der Waals surface area contributed by atoms with E-state index < -0.39 is 10.0 Å². The van der Waals surface area contributed by atoms with Crippen LogP contribution in [0.25, 0.3) is 11.3 Å². The molecule has 6 rings (SSSR count). The third kappa shape index (κ3) is 6.52. The standard InChI is InChI=1S/C36H42N4O3S/c1-23-9-6-10-24(2)33(23)30-21-32-39-35(38-30)40-44(41,42)29-14-8-13-26(19-29)22-37-31(20-25-11-7-12-25)34(43-32)27-15-17-28(18-16-27)36(3,4)5/h6,8-10,13-19,21,25,31,34,37H,7,11-12,20,22H2,1-5H3,(H,38,39,40)/t31-,34+/m0/s1. The van der Waals surface area contributed by atoms with Gasteiger partial charge in [0.1, 0.15) is 6.10 Å². The Morgan fingerprint density at radius 1 is 0.909 bits per heavy atom. The second-order valence-electron chi connectivity index (χ2n) is 13.4. The quantitative estimate of drug-likeness (QED) is 0.247. The third-order valence-electron chi connectivity index (χ3n) is 8.97. The average Bonchev–Trinajstić information content (AvgIpc) is 2.95. The van der Waals surface area contributed by atoms with E-state index in [1.807, 2.05) is 44.2 Å². The Hall–Kier alpha value is -3.75. The molecule has 1 aliphatic heterocycles. The first-order valence-electron chi connectivity index (χ1n) is 15.5. The topological polar surface area (TPSA) is 93.2 Å². The number of hydrogen-bond acceptors (Lipinski definition) is 6. The summed E-state index contributed by atoms with van der Waals surface area (Å²) >= 11 is 0. The van der Waals surface area contributed by atoms with Crippen LogP contribution in [0.5, 0.6) is 5.88 Å².